The number of methoxy groups -OCH3 is 2. The van der Waals surface area contributed by atoms with Crippen LogP contribution in [-0.2, 0) is 23.8 Å². The molecule has 0 aromatic heterocycles. The molecular formula is C22H23ClN2O5. The van der Waals surface area contributed by atoms with Crippen molar-refractivity contribution < 1.29 is 23.8 Å². The molecular weight excluding hydrogens is 408 g/mol. The summed E-state index contributed by atoms with van der Waals surface area (Å²) in [5.41, 5.74) is 2.52. The first-order valence-corrected chi connectivity index (χ1v) is 9.70. The first-order valence-electron chi connectivity index (χ1n) is 9.32. The van der Waals surface area contributed by atoms with Crippen molar-refractivity contribution in [1.29, 1.82) is 0 Å². The number of rotatable bonds is 6. The fourth-order valence-corrected chi connectivity index (χ4v) is 3.41. The maximum atomic E-state index is 12.6. The molecule has 7 nitrogen and oxygen atoms in total. The number of nitrogens with one attached hydrogen (secondary N) is 1. The number of esters is 2. The van der Waals surface area contributed by atoms with Gasteiger partial charge in [-0.05, 0) is 30.7 Å². The summed E-state index contributed by atoms with van der Waals surface area (Å²) in [5, 5.41) is 3.91. The lowest BCUT2D eigenvalue weighted by molar-refractivity contribution is -0.140. The molecule has 1 N–H and O–H groups in total. The molecule has 1 aliphatic heterocycles. The van der Waals surface area contributed by atoms with E-state index in [1.54, 1.807) is 17.0 Å². The highest BCUT2D eigenvalue weighted by atomic mass is 35.5. The fourth-order valence-electron chi connectivity index (χ4n) is 3.24. The maximum absolute atomic E-state index is 12.6. The topological polar surface area (TPSA) is 77.1 Å². The molecule has 158 valence electrons. The normalized spacial score (nSPS) is 14.9. The van der Waals surface area contributed by atoms with Crippen LogP contribution >= 0.6 is 11.6 Å². The third-order valence-corrected chi connectivity index (χ3v) is 4.99. The monoisotopic (exact) mass is 430 g/mol. The second-order valence-electron chi connectivity index (χ2n) is 6.65. The van der Waals surface area contributed by atoms with Gasteiger partial charge in [0.25, 0.3) is 0 Å². The van der Waals surface area contributed by atoms with Gasteiger partial charge in [0.2, 0.25) is 0 Å². The summed E-state index contributed by atoms with van der Waals surface area (Å²) in [4.78, 5) is 26.4. The summed E-state index contributed by atoms with van der Waals surface area (Å²) < 4.78 is 15.3. The molecule has 0 bridgehead atoms. The summed E-state index contributed by atoms with van der Waals surface area (Å²) in [6.07, 6.45) is 0. The van der Waals surface area contributed by atoms with Gasteiger partial charge in [0.15, 0.2) is 0 Å². The van der Waals surface area contributed by atoms with Crippen LogP contribution in [0, 0.1) is 0 Å². The smallest absolute Gasteiger partial charge is 0.355 e. The Balaban J connectivity index is 2.06. The number of benzene rings is 2. The summed E-state index contributed by atoms with van der Waals surface area (Å²) >= 11 is 6.26. The second kappa shape index (κ2) is 9.65. The number of anilines is 2. The Morgan fingerprint density at radius 3 is 2.47 bits per heavy atom. The molecule has 8 heteroatoms. The van der Waals surface area contributed by atoms with Crippen LogP contribution in [0.15, 0.2) is 59.8 Å². The molecule has 1 unspecified atom stereocenters. The summed E-state index contributed by atoms with van der Waals surface area (Å²) in [6, 6.07) is 15.2. The van der Waals surface area contributed by atoms with Crippen LogP contribution in [0.4, 0.5) is 11.4 Å². The van der Waals surface area contributed by atoms with Gasteiger partial charge in [-0.1, -0.05) is 41.9 Å². The standard InChI is InChI=1S/C22H23ClN2O5/c1-14(15-7-5-4-6-8-15)24-18-10-9-16(23)11-19(18)25-13-30-12-17(21(26)28-2)20(25)22(27)29-3/h4-11,14,24H,12-13H2,1-3H3. The summed E-state index contributed by atoms with van der Waals surface area (Å²) in [7, 11) is 2.50. The largest absolute Gasteiger partial charge is 0.466 e. The van der Waals surface area contributed by atoms with Crippen molar-refractivity contribution in [3.05, 3.63) is 70.4 Å². The third-order valence-electron chi connectivity index (χ3n) is 4.76. The van der Waals surface area contributed by atoms with Gasteiger partial charge in [-0.2, -0.15) is 0 Å². The van der Waals surface area contributed by atoms with Gasteiger partial charge in [0.05, 0.1) is 37.8 Å². The van der Waals surface area contributed by atoms with Crippen LogP contribution in [-0.4, -0.2) is 39.5 Å². The molecule has 0 radical (unpaired) electrons. The Kier molecular flexibility index (Phi) is 6.97. The van der Waals surface area contributed by atoms with Crippen molar-refractivity contribution in [1.82, 2.24) is 0 Å². The van der Waals surface area contributed by atoms with E-state index in [0.29, 0.717) is 16.4 Å². The number of carbonyl (C=O) groups is 2. The number of nitrogens with zero attached hydrogens (tertiary/aromatic N) is 1. The molecule has 2 aromatic rings. The zero-order valence-electron chi connectivity index (χ0n) is 17.0. The Hall–Kier alpha value is -3.03. The van der Waals surface area contributed by atoms with Gasteiger partial charge in [-0.3, -0.25) is 0 Å². The van der Waals surface area contributed by atoms with Crippen molar-refractivity contribution in [2.45, 2.75) is 13.0 Å². The van der Waals surface area contributed by atoms with Crippen molar-refractivity contribution in [2.75, 3.05) is 37.8 Å². The molecule has 0 saturated carbocycles. The van der Waals surface area contributed by atoms with E-state index in [4.69, 9.17) is 25.8 Å². The maximum Gasteiger partial charge on any atom is 0.355 e. The van der Waals surface area contributed by atoms with Crippen LogP contribution < -0.4 is 10.2 Å². The summed E-state index contributed by atoms with van der Waals surface area (Å²) in [5.74, 6) is -1.32. The van der Waals surface area contributed by atoms with E-state index < -0.39 is 11.9 Å². The van der Waals surface area contributed by atoms with Crippen LogP contribution in [0.3, 0.4) is 0 Å². The minimum atomic E-state index is -0.666. The highest BCUT2D eigenvalue weighted by molar-refractivity contribution is 6.31. The van der Waals surface area contributed by atoms with E-state index in [1.165, 1.54) is 14.2 Å². The van der Waals surface area contributed by atoms with Crippen molar-refractivity contribution in [2.24, 2.45) is 0 Å². The molecule has 0 amide bonds. The lowest BCUT2D eigenvalue weighted by Gasteiger charge is -2.33. The number of ether oxygens (including phenoxy) is 3. The summed E-state index contributed by atoms with van der Waals surface area (Å²) in [6.45, 7) is 2.01. The van der Waals surface area contributed by atoms with E-state index in [0.717, 1.165) is 5.56 Å². The molecule has 2 aromatic carbocycles. The Morgan fingerprint density at radius 2 is 1.80 bits per heavy atom. The molecule has 0 saturated heterocycles. The quantitative estimate of drug-likeness (QED) is 0.696. The van der Waals surface area contributed by atoms with Gasteiger partial charge < -0.3 is 24.4 Å². The molecule has 1 heterocycles. The molecule has 0 aliphatic carbocycles. The first kappa shape index (κ1) is 21.7. The van der Waals surface area contributed by atoms with Gasteiger partial charge in [0, 0.05) is 11.1 Å². The lowest BCUT2D eigenvalue weighted by Crippen LogP contribution is -2.39. The van der Waals surface area contributed by atoms with Gasteiger partial charge >= 0.3 is 11.9 Å². The van der Waals surface area contributed by atoms with Crippen LogP contribution in [0.25, 0.3) is 0 Å². The number of hydrogen-bond donors (Lipinski definition) is 1. The highest BCUT2D eigenvalue weighted by Crippen LogP contribution is 2.36. The van der Waals surface area contributed by atoms with E-state index in [2.05, 4.69) is 5.32 Å². The van der Waals surface area contributed by atoms with Gasteiger partial charge in [0.1, 0.15) is 12.4 Å². The average molecular weight is 431 g/mol. The minimum Gasteiger partial charge on any atom is -0.466 e. The number of halogens is 1. The Morgan fingerprint density at radius 1 is 1.10 bits per heavy atom. The minimum absolute atomic E-state index is 0.0255. The van der Waals surface area contributed by atoms with Crippen LogP contribution in [0.1, 0.15) is 18.5 Å². The molecule has 30 heavy (non-hydrogen) atoms. The molecule has 0 fully saturated rings. The molecule has 1 atom stereocenters. The highest BCUT2D eigenvalue weighted by Gasteiger charge is 2.33. The van der Waals surface area contributed by atoms with Gasteiger partial charge in [-0.15, -0.1) is 0 Å². The Bertz CT molecular complexity index is 961. The van der Waals surface area contributed by atoms with Crippen molar-refractivity contribution in [3.8, 4) is 0 Å². The predicted molar refractivity (Wildman–Crippen MR) is 114 cm³/mol. The van der Waals surface area contributed by atoms with E-state index in [1.807, 2.05) is 43.3 Å². The molecule has 3 rings (SSSR count). The van der Waals surface area contributed by atoms with E-state index in [9.17, 15) is 9.59 Å². The van der Waals surface area contributed by atoms with E-state index in [-0.39, 0.29) is 30.6 Å². The van der Waals surface area contributed by atoms with Crippen molar-refractivity contribution in [3.63, 3.8) is 0 Å². The van der Waals surface area contributed by atoms with E-state index >= 15 is 0 Å². The third kappa shape index (κ3) is 4.58. The zero-order chi connectivity index (χ0) is 21.7. The van der Waals surface area contributed by atoms with Gasteiger partial charge in [-0.25, -0.2) is 9.59 Å². The number of carbonyl (C=O) groups excluding carboxylic acids is 2. The second-order valence-corrected chi connectivity index (χ2v) is 7.09. The average Bonchev–Trinajstić information content (AvgIpc) is 2.79. The van der Waals surface area contributed by atoms with Crippen LogP contribution in [0.2, 0.25) is 5.02 Å². The fraction of sp³-hybridized carbons (Fsp3) is 0.273. The Labute approximate surface area is 180 Å². The number of hydrogen-bond acceptors (Lipinski definition) is 7. The SMILES string of the molecule is COC(=O)C1=C(C(=O)OC)N(c2cc(Cl)ccc2NC(C)c2ccccc2)COC1. The zero-order valence-corrected chi connectivity index (χ0v) is 17.7. The predicted octanol–water partition coefficient (Wildman–Crippen LogP) is 3.91. The molecule has 1 aliphatic rings. The van der Waals surface area contributed by atoms with Crippen molar-refractivity contribution >= 4 is 34.9 Å². The molecule has 0 spiro atoms. The first-order chi connectivity index (χ1) is 14.5. The lowest BCUT2D eigenvalue weighted by atomic mass is 10.1. The van der Waals surface area contributed by atoms with Crippen LogP contribution in [0.5, 0.6) is 0 Å².